The smallest absolute Gasteiger partial charge is 0.267 e. The first-order valence-corrected chi connectivity index (χ1v) is 5.73. The van der Waals surface area contributed by atoms with Crippen LogP contribution in [0.15, 0.2) is 24.3 Å². The second-order valence-electron chi connectivity index (χ2n) is 4.20. The van der Waals surface area contributed by atoms with Gasteiger partial charge in [0.05, 0.1) is 13.2 Å². The normalized spacial score (nSPS) is 12.4. The first-order chi connectivity index (χ1) is 8.60. The highest BCUT2D eigenvalue weighted by atomic mass is 16.5. The molecule has 0 radical (unpaired) electrons. The van der Waals surface area contributed by atoms with E-state index in [0.717, 1.165) is 16.7 Å². The number of rotatable bonds is 4. The van der Waals surface area contributed by atoms with Crippen LogP contribution in [0.4, 0.5) is 0 Å². The minimum atomic E-state index is -0.557. The number of nitrogens with one attached hydrogen (secondary N) is 2. The molecule has 2 rings (SSSR count). The summed E-state index contributed by atoms with van der Waals surface area (Å²) in [5, 5.41) is 12.7. The summed E-state index contributed by atoms with van der Waals surface area (Å²) in [4.78, 5) is 14.8. The molecule has 96 valence electrons. The van der Waals surface area contributed by atoms with Gasteiger partial charge in [-0.15, -0.1) is 0 Å². The largest absolute Gasteiger partial charge is 0.497 e. The first kappa shape index (κ1) is 12.4. The van der Waals surface area contributed by atoms with Crippen LogP contribution in [0.2, 0.25) is 0 Å². The Morgan fingerprint density at radius 3 is 2.94 bits per heavy atom. The van der Waals surface area contributed by atoms with Gasteiger partial charge in [-0.2, -0.15) is 0 Å². The number of ether oxygens (including phenoxy) is 1. The molecule has 1 aromatic heterocycles. The molecule has 0 spiro atoms. The molecule has 18 heavy (non-hydrogen) atoms. The summed E-state index contributed by atoms with van der Waals surface area (Å²) in [6.07, 6.45) is -0.557. The van der Waals surface area contributed by atoms with Crippen molar-refractivity contribution < 1.29 is 14.6 Å². The second-order valence-corrected chi connectivity index (χ2v) is 4.20. The van der Waals surface area contributed by atoms with Gasteiger partial charge in [-0.1, -0.05) is 0 Å². The molecular formula is C13H16N2O3. The summed E-state index contributed by atoms with van der Waals surface area (Å²) in [5.74, 6) is 0.517. The Morgan fingerprint density at radius 2 is 2.28 bits per heavy atom. The van der Waals surface area contributed by atoms with Crippen LogP contribution in [0, 0.1) is 0 Å². The van der Waals surface area contributed by atoms with E-state index in [4.69, 9.17) is 9.84 Å². The van der Waals surface area contributed by atoms with E-state index < -0.39 is 6.10 Å². The fourth-order valence-electron chi connectivity index (χ4n) is 1.70. The minimum absolute atomic E-state index is 0.230. The molecule has 1 atom stereocenters. The van der Waals surface area contributed by atoms with E-state index in [1.165, 1.54) is 0 Å². The van der Waals surface area contributed by atoms with E-state index in [0.29, 0.717) is 5.69 Å². The first-order valence-electron chi connectivity index (χ1n) is 5.73. The molecule has 1 heterocycles. The molecule has 0 fully saturated rings. The molecule has 1 amide bonds. The van der Waals surface area contributed by atoms with E-state index >= 15 is 0 Å². The third-order valence-corrected chi connectivity index (χ3v) is 2.63. The molecular weight excluding hydrogens is 232 g/mol. The van der Waals surface area contributed by atoms with Gasteiger partial charge in [-0.05, 0) is 31.2 Å². The standard InChI is InChI=1S/C13H16N2O3/c1-8(16)7-14-13(17)12-6-9-5-10(18-2)3-4-11(9)15-12/h3-6,8,15-16H,7H2,1-2H3,(H,14,17). The van der Waals surface area contributed by atoms with E-state index in [1.807, 2.05) is 18.2 Å². The van der Waals surface area contributed by atoms with E-state index in [2.05, 4.69) is 10.3 Å². The molecule has 0 saturated heterocycles. The second kappa shape index (κ2) is 5.10. The number of fused-ring (bicyclic) bond motifs is 1. The van der Waals surface area contributed by atoms with Crippen molar-refractivity contribution in [3.05, 3.63) is 30.0 Å². The van der Waals surface area contributed by atoms with Gasteiger partial charge in [0.1, 0.15) is 11.4 Å². The molecule has 2 aromatic rings. The van der Waals surface area contributed by atoms with Crippen LogP contribution in [0.5, 0.6) is 5.75 Å². The Bertz CT molecular complexity index is 560. The number of carbonyl (C=O) groups excluding carboxylic acids is 1. The number of aromatic nitrogens is 1. The third-order valence-electron chi connectivity index (χ3n) is 2.63. The van der Waals surface area contributed by atoms with E-state index in [-0.39, 0.29) is 12.5 Å². The van der Waals surface area contributed by atoms with Crippen molar-refractivity contribution in [1.29, 1.82) is 0 Å². The zero-order valence-electron chi connectivity index (χ0n) is 10.4. The highest BCUT2D eigenvalue weighted by Crippen LogP contribution is 2.21. The number of hydrogen-bond acceptors (Lipinski definition) is 3. The summed E-state index contributed by atoms with van der Waals surface area (Å²) in [5.41, 5.74) is 1.34. The maximum Gasteiger partial charge on any atom is 0.267 e. The lowest BCUT2D eigenvalue weighted by Crippen LogP contribution is -2.30. The van der Waals surface area contributed by atoms with Gasteiger partial charge in [0.15, 0.2) is 0 Å². The molecule has 5 nitrogen and oxygen atoms in total. The Kier molecular flexibility index (Phi) is 3.53. The number of methoxy groups -OCH3 is 1. The Balaban J connectivity index is 2.21. The van der Waals surface area contributed by atoms with Gasteiger partial charge < -0.3 is 20.1 Å². The Hall–Kier alpha value is -2.01. The molecule has 3 N–H and O–H groups in total. The number of amides is 1. The number of hydrogen-bond donors (Lipinski definition) is 3. The highest BCUT2D eigenvalue weighted by molar-refractivity contribution is 5.98. The molecule has 0 saturated carbocycles. The van der Waals surface area contributed by atoms with Crippen molar-refractivity contribution in [2.24, 2.45) is 0 Å². The van der Waals surface area contributed by atoms with Gasteiger partial charge >= 0.3 is 0 Å². The Morgan fingerprint density at radius 1 is 1.50 bits per heavy atom. The predicted molar refractivity (Wildman–Crippen MR) is 68.9 cm³/mol. The van der Waals surface area contributed by atoms with Crippen LogP contribution >= 0.6 is 0 Å². The monoisotopic (exact) mass is 248 g/mol. The average molecular weight is 248 g/mol. The summed E-state index contributed by atoms with van der Waals surface area (Å²) >= 11 is 0. The van der Waals surface area contributed by atoms with Gasteiger partial charge in [0, 0.05) is 17.4 Å². The topological polar surface area (TPSA) is 74.4 Å². The fourth-order valence-corrected chi connectivity index (χ4v) is 1.70. The average Bonchev–Trinajstić information content (AvgIpc) is 2.78. The number of aliphatic hydroxyl groups excluding tert-OH is 1. The molecule has 1 unspecified atom stereocenters. The predicted octanol–water partition coefficient (Wildman–Crippen LogP) is 1.29. The summed E-state index contributed by atoms with van der Waals surface area (Å²) in [6.45, 7) is 1.86. The zero-order chi connectivity index (χ0) is 13.1. The lowest BCUT2D eigenvalue weighted by molar-refractivity contribution is 0.0920. The molecule has 0 aliphatic carbocycles. The van der Waals surface area contributed by atoms with Crippen molar-refractivity contribution in [2.75, 3.05) is 13.7 Å². The highest BCUT2D eigenvalue weighted by Gasteiger charge is 2.10. The van der Waals surface area contributed by atoms with Crippen LogP contribution in [-0.2, 0) is 0 Å². The van der Waals surface area contributed by atoms with Crippen molar-refractivity contribution in [2.45, 2.75) is 13.0 Å². The van der Waals surface area contributed by atoms with Gasteiger partial charge in [0.25, 0.3) is 5.91 Å². The number of aliphatic hydroxyl groups is 1. The SMILES string of the molecule is COc1ccc2[nH]c(C(=O)NCC(C)O)cc2c1. The summed E-state index contributed by atoms with van der Waals surface area (Å²) in [7, 11) is 1.60. The van der Waals surface area contributed by atoms with E-state index in [1.54, 1.807) is 20.1 Å². The number of H-pyrrole nitrogens is 1. The van der Waals surface area contributed by atoms with Crippen LogP contribution in [0.25, 0.3) is 10.9 Å². The maximum absolute atomic E-state index is 11.8. The van der Waals surface area contributed by atoms with Gasteiger partial charge in [-0.25, -0.2) is 0 Å². The molecule has 1 aromatic carbocycles. The number of carbonyl (C=O) groups is 1. The zero-order valence-corrected chi connectivity index (χ0v) is 10.4. The summed E-state index contributed by atoms with van der Waals surface area (Å²) < 4.78 is 5.12. The van der Waals surface area contributed by atoms with Crippen LogP contribution < -0.4 is 10.1 Å². The van der Waals surface area contributed by atoms with Crippen molar-refractivity contribution >= 4 is 16.8 Å². The minimum Gasteiger partial charge on any atom is -0.497 e. The van der Waals surface area contributed by atoms with Gasteiger partial charge in [-0.3, -0.25) is 4.79 Å². The number of aromatic amines is 1. The molecule has 5 heteroatoms. The van der Waals surface area contributed by atoms with Crippen molar-refractivity contribution in [1.82, 2.24) is 10.3 Å². The van der Waals surface area contributed by atoms with Crippen molar-refractivity contribution in [3.8, 4) is 5.75 Å². The lowest BCUT2D eigenvalue weighted by atomic mass is 10.2. The quantitative estimate of drug-likeness (QED) is 0.763. The van der Waals surface area contributed by atoms with Crippen LogP contribution in [0.3, 0.4) is 0 Å². The molecule has 0 aliphatic rings. The third kappa shape index (κ3) is 2.62. The Labute approximate surface area is 105 Å². The van der Waals surface area contributed by atoms with Crippen molar-refractivity contribution in [3.63, 3.8) is 0 Å². The summed E-state index contributed by atoms with van der Waals surface area (Å²) in [6, 6.07) is 7.31. The maximum atomic E-state index is 11.8. The molecule has 0 bridgehead atoms. The molecule has 0 aliphatic heterocycles. The number of benzene rings is 1. The van der Waals surface area contributed by atoms with E-state index in [9.17, 15) is 4.79 Å². The van der Waals surface area contributed by atoms with Gasteiger partial charge in [0.2, 0.25) is 0 Å². The van der Waals surface area contributed by atoms with Crippen LogP contribution in [0.1, 0.15) is 17.4 Å². The lowest BCUT2D eigenvalue weighted by Gasteiger charge is -2.05. The van der Waals surface area contributed by atoms with Crippen LogP contribution in [-0.4, -0.2) is 35.8 Å². The fraction of sp³-hybridized carbons (Fsp3) is 0.308.